The molecule has 0 spiro atoms. The molecule has 0 saturated carbocycles. The van der Waals surface area contributed by atoms with E-state index in [1.165, 1.54) is 11.1 Å². The molecule has 0 aliphatic carbocycles. The van der Waals surface area contributed by atoms with Gasteiger partial charge < -0.3 is 0 Å². The summed E-state index contributed by atoms with van der Waals surface area (Å²) < 4.78 is 2.96. The van der Waals surface area contributed by atoms with Crippen molar-refractivity contribution in [1.29, 1.82) is 0 Å². The van der Waals surface area contributed by atoms with E-state index in [0.29, 0.717) is 0 Å². The standard InChI is InChI=1S/C20H21BrN4S/c1-3-5-19-23-24-20(26-14-16-8-10-18(21)11-9-16)25(19)22-13-17-7-4-6-15(2)12-17/h4,6-13H,3,5,14H2,1-2H3/b22-13+. The van der Waals surface area contributed by atoms with Crippen molar-refractivity contribution in [3.63, 3.8) is 0 Å². The van der Waals surface area contributed by atoms with Gasteiger partial charge in [-0.2, -0.15) is 9.78 Å². The van der Waals surface area contributed by atoms with Crippen molar-refractivity contribution in [2.45, 2.75) is 37.6 Å². The highest BCUT2D eigenvalue weighted by molar-refractivity contribution is 9.10. The molecule has 3 rings (SSSR count). The van der Waals surface area contributed by atoms with Gasteiger partial charge in [-0.1, -0.05) is 76.6 Å². The minimum absolute atomic E-state index is 0.820. The maximum Gasteiger partial charge on any atom is 0.212 e. The molecule has 0 radical (unpaired) electrons. The van der Waals surface area contributed by atoms with Crippen LogP contribution in [0.5, 0.6) is 0 Å². The highest BCUT2D eigenvalue weighted by Gasteiger charge is 2.11. The average molecular weight is 429 g/mol. The molecule has 0 bridgehead atoms. The van der Waals surface area contributed by atoms with Gasteiger partial charge in [-0.15, -0.1) is 10.2 Å². The molecule has 0 fully saturated rings. The molecule has 134 valence electrons. The number of benzene rings is 2. The van der Waals surface area contributed by atoms with Crippen molar-refractivity contribution >= 4 is 33.9 Å². The van der Waals surface area contributed by atoms with E-state index in [9.17, 15) is 0 Å². The third-order valence-electron chi connectivity index (χ3n) is 3.80. The van der Waals surface area contributed by atoms with Crippen LogP contribution >= 0.6 is 27.7 Å². The lowest BCUT2D eigenvalue weighted by atomic mass is 10.2. The molecule has 0 aliphatic rings. The van der Waals surface area contributed by atoms with E-state index in [1.54, 1.807) is 11.8 Å². The fraction of sp³-hybridized carbons (Fsp3) is 0.250. The van der Waals surface area contributed by atoms with Gasteiger partial charge in [0.15, 0.2) is 5.82 Å². The first-order valence-electron chi connectivity index (χ1n) is 8.58. The topological polar surface area (TPSA) is 43.1 Å². The van der Waals surface area contributed by atoms with E-state index < -0.39 is 0 Å². The van der Waals surface area contributed by atoms with Crippen LogP contribution in [0.4, 0.5) is 0 Å². The Balaban J connectivity index is 1.80. The Morgan fingerprint density at radius 3 is 2.69 bits per heavy atom. The molecular formula is C20H21BrN4S. The first-order chi connectivity index (χ1) is 12.7. The molecule has 0 unspecified atom stereocenters. The number of rotatable bonds is 7. The molecule has 26 heavy (non-hydrogen) atoms. The van der Waals surface area contributed by atoms with Crippen molar-refractivity contribution in [3.8, 4) is 0 Å². The van der Waals surface area contributed by atoms with Crippen LogP contribution in [0.3, 0.4) is 0 Å². The lowest BCUT2D eigenvalue weighted by Crippen LogP contribution is -2.00. The van der Waals surface area contributed by atoms with Crippen LogP contribution in [0.15, 0.2) is 63.3 Å². The Hall–Kier alpha value is -1.92. The molecule has 0 saturated heterocycles. The lowest BCUT2D eigenvalue weighted by Gasteiger charge is -2.04. The van der Waals surface area contributed by atoms with Crippen LogP contribution in [-0.4, -0.2) is 21.1 Å². The second kappa shape index (κ2) is 9.14. The first-order valence-corrected chi connectivity index (χ1v) is 10.4. The number of hydrogen-bond acceptors (Lipinski definition) is 4. The van der Waals surface area contributed by atoms with E-state index in [1.807, 2.05) is 17.0 Å². The summed E-state index contributed by atoms with van der Waals surface area (Å²) in [7, 11) is 0. The van der Waals surface area contributed by atoms with Gasteiger partial charge in [0.1, 0.15) is 0 Å². The maximum absolute atomic E-state index is 4.66. The summed E-state index contributed by atoms with van der Waals surface area (Å²) >= 11 is 5.12. The maximum atomic E-state index is 4.66. The SMILES string of the molecule is CCCc1nnc(SCc2ccc(Br)cc2)n1/N=C/c1cccc(C)c1. The normalized spacial score (nSPS) is 11.3. The van der Waals surface area contributed by atoms with E-state index >= 15 is 0 Å². The average Bonchev–Trinajstić information content (AvgIpc) is 3.02. The predicted molar refractivity (Wildman–Crippen MR) is 112 cm³/mol. The molecule has 1 aromatic heterocycles. The van der Waals surface area contributed by atoms with Crippen LogP contribution in [0.1, 0.15) is 35.9 Å². The van der Waals surface area contributed by atoms with E-state index in [0.717, 1.165) is 39.6 Å². The molecule has 0 atom stereocenters. The summed E-state index contributed by atoms with van der Waals surface area (Å²) in [5.41, 5.74) is 3.54. The van der Waals surface area contributed by atoms with Gasteiger partial charge in [0.2, 0.25) is 5.16 Å². The van der Waals surface area contributed by atoms with Crippen molar-refractivity contribution in [3.05, 3.63) is 75.5 Å². The summed E-state index contributed by atoms with van der Waals surface area (Å²) in [5.74, 6) is 1.73. The van der Waals surface area contributed by atoms with Crippen LogP contribution in [0.25, 0.3) is 0 Å². The Bertz CT molecular complexity index is 887. The monoisotopic (exact) mass is 428 g/mol. The van der Waals surface area contributed by atoms with Gasteiger partial charge in [-0.3, -0.25) is 0 Å². The Morgan fingerprint density at radius 2 is 1.96 bits per heavy atom. The highest BCUT2D eigenvalue weighted by atomic mass is 79.9. The summed E-state index contributed by atoms with van der Waals surface area (Å²) in [6, 6.07) is 16.6. The third-order valence-corrected chi connectivity index (χ3v) is 5.31. The van der Waals surface area contributed by atoms with Crippen LogP contribution < -0.4 is 0 Å². The van der Waals surface area contributed by atoms with Gasteiger partial charge in [0, 0.05) is 16.6 Å². The lowest BCUT2D eigenvalue weighted by molar-refractivity contribution is 0.700. The number of thioether (sulfide) groups is 1. The second-order valence-corrected chi connectivity index (χ2v) is 7.89. The number of halogens is 1. The van der Waals surface area contributed by atoms with Crippen LogP contribution in [0.2, 0.25) is 0 Å². The van der Waals surface area contributed by atoms with Gasteiger partial charge in [-0.25, -0.2) is 0 Å². The molecule has 6 heteroatoms. The number of hydrogen-bond donors (Lipinski definition) is 0. The fourth-order valence-corrected chi connectivity index (χ4v) is 3.61. The molecule has 3 aromatic rings. The molecule has 4 nitrogen and oxygen atoms in total. The summed E-state index contributed by atoms with van der Waals surface area (Å²) in [4.78, 5) is 0. The zero-order valence-electron chi connectivity index (χ0n) is 14.9. The number of aromatic nitrogens is 3. The van der Waals surface area contributed by atoms with Crippen molar-refractivity contribution < 1.29 is 0 Å². The van der Waals surface area contributed by atoms with Crippen molar-refractivity contribution in [2.24, 2.45) is 5.10 Å². The number of nitrogens with zero attached hydrogens (tertiary/aromatic N) is 4. The summed E-state index contributed by atoms with van der Waals surface area (Å²) in [5, 5.41) is 14.2. The molecular weight excluding hydrogens is 408 g/mol. The van der Waals surface area contributed by atoms with Gasteiger partial charge in [0.25, 0.3) is 0 Å². The van der Waals surface area contributed by atoms with E-state index in [2.05, 4.69) is 87.5 Å². The van der Waals surface area contributed by atoms with Gasteiger partial charge in [0.05, 0.1) is 6.21 Å². The zero-order chi connectivity index (χ0) is 18.4. The Labute approximate surface area is 166 Å². The molecule has 2 aromatic carbocycles. The van der Waals surface area contributed by atoms with E-state index in [-0.39, 0.29) is 0 Å². The van der Waals surface area contributed by atoms with Crippen LogP contribution in [-0.2, 0) is 12.2 Å². The van der Waals surface area contributed by atoms with Crippen molar-refractivity contribution in [1.82, 2.24) is 14.9 Å². The minimum atomic E-state index is 0.820. The molecule has 0 aliphatic heterocycles. The molecule has 1 heterocycles. The van der Waals surface area contributed by atoms with E-state index in [4.69, 9.17) is 0 Å². The quantitative estimate of drug-likeness (QED) is 0.369. The highest BCUT2D eigenvalue weighted by Crippen LogP contribution is 2.23. The fourth-order valence-electron chi connectivity index (χ4n) is 2.48. The number of aryl methyl sites for hydroxylation is 2. The largest absolute Gasteiger partial charge is 0.212 e. The third kappa shape index (κ3) is 5.05. The second-order valence-electron chi connectivity index (χ2n) is 6.03. The smallest absolute Gasteiger partial charge is 0.191 e. The Morgan fingerprint density at radius 1 is 1.15 bits per heavy atom. The predicted octanol–water partition coefficient (Wildman–Crippen LogP) is 5.48. The van der Waals surface area contributed by atoms with Crippen molar-refractivity contribution in [2.75, 3.05) is 0 Å². The Kier molecular flexibility index (Phi) is 6.63. The minimum Gasteiger partial charge on any atom is -0.191 e. The molecule has 0 N–H and O–H groups in total. The molecule has 0 amide bonds. The first kappa shape index (κ1) is 18.9. The zero-order valence-corrected chi connectivity index (χ0v) is 17.3. The van der Waals surface area contributed by atoms with Gasteiger partial charge >= 0.3 is 0 Å². The van der Waals surface area contributed by atoms with Gasteiger partial charge in [-0.05, 0) is 36.6 Å². The van der Waals surface area contributed by atoms with Crippen LogP contribution in [0, 0.1) is 6.92 Å². The summed E-state index contributed by atoms with van der Waals surface area (Å²) in [6.07, 6.45) is 3.74. The summed E-state index contributed by atoms with van der Waals surface area (Å²) in [6.45, 7) is 4.22.